The van der Waals surface area contributed by atoms with Crippen molar-refractivity contribution in [2.75, 3.05) is 27.3 Å². The Balaban J connectivity index is 2.22. The summed E-state index contributed by atoms with van der Waals surface area (Å²) in [6.45, 7) is 5.99. The van der Waals surface area contributed by atoms with Crippen molar-refractivity contribution >= 4 is 18.0 Å². The van der Waals surface area contributed by atoms with E-state index in [0.29, 0.717) is 18.7 Å². The normalized spacial score (nSPS) is 16.3. The molecule has 1 fully saturated rings. The average Bonchev–Trinajstić information content (AvgIpc) is 2.65. The number of likely N-dealkylation sites (tertiary alicyclic amines) is 1. The number of hydrogen-bond donors (Lipinski definition) is 1. The Labute approximate surface area is 164 Å². The minimum absolute atomic E-state index is 0.0230. The number of methoxy groups -OCH3 is 2. The lowest BCUT2D eigenvalue weighted by molar-refractivity contribution is -0.0357. The molecular weight excluding hydrogens is 366 g/mol. The number of nitrogens with zero attached hydrogens (tertiary/aromatic N) is 1. The molecule has 1 aliphatic rings. The van der Waals surface area contributed by atoms with Gasteiger partial charge in [0.2, 0.25) is 0 Å². The Hall–Kier alpha value is -2.61. The van der Waals surface area contributed by atoms with Crippen molar-refractivity contribution in [2.45, 2.75) is 44.8 Å². The standard InChI is InChI=1S/C20H27NO7/c1-19(2,3)28-18(24)21-10-8-20(25,9-11-21)13-6-7-14(16(22)26-4)15(12-13)17(23)27-5/h6-7,12,25H,8-11H2,1-5H3. The first-order valence-electron chi connectivity index (χ1n) is 9.02. The molecule has 0 bridgehead atoms. The molecule has 8 heteroatoms. The quantitative estimate of drug-likeness (QED) is 0.622. The van der Waals surface area contributed by atoms with E-state index in [1.54, 1.807) is 31.7 Å². The number of benzene rings is 1. The zero-order chi connectivity index (χ0) is 21.1. The molecule has 1 aromatic carbocycles. The second-order valence-electron chi connectivity index (χ2n) is 7.74. The van der Waals surface area contributed by atoms with Crippen LogP contribution in [0.2, 0.25) is 0 Å². The monoisotopic (exact) mass is 393 g/mol. The van der Waals surface area contributed by atoms with Crippen molar-refractivity contribution < 1.29 is 33.7 Å². The molecule has 8 nitrogen and oxygen atoms in total. The Kier molecular flexibility index (Phi) is 6.34. The van der Waals surface area contributed by atoms with E-state index in [0.717, 1.165) is 0 Å². The number of ether oxygens (including phenoxy) is 3. The van der Waals surface area contributed by atoms with E-state index in [2.05, 4.69) is 0 Å². The zero-order valence-electron chi connectivity index (χ0n) is 16.9. The van der Waals surface area contributed by atoms with Gasteiger partial charge in [-0.25, -0.2) is 14.4 Å². The first kappa shape index (κ1) is 21.7. The molecule has 1 aromatic rings. The van der Waals surface area contributed by atoms with Gasteiger partial charge in [0, 0.05) is 13.1 Å². The summed E-state index contributed by atoms with van der Waals surface area (Å²) in [4.78, 5) is 37.7. The van der Waals surface area contributed by atoms with Crippen LogP contribution in [0.3, 0.4) is 0 Å². The highest BCUT2D eigenvalue weighted by Gasteiger charge is 2.37. The molecule has 1 heterocycles. The summed E-state index contributed by atoms with van der Waals surface area (Å²) in [6.07, 6.45) is 0.111. The van der Waals surface area contributed by atoms with Gasteiger partial charge in [0.15, 0.2) is 0 Å². The van der Waals surface area contributed by atoms with Gasteiger partial charge in [0.1, 0.15) is 5.60 Å². The summed E-state index contributed by atoms with van der Waals surface area (Å²) in [5.41, 5.74) is -1.27. The molecule has 154 valence electrons. The van der Waals surface area contributed by atoms with Crippen molar-refractivity contribution in [2.24, 2.45) is 0 Å². The second kappa shape index (κ2) is 8.18. The SMILES string of the molecule is COC(=O)c1ccc(C2(O)CCN(C(=O)OC(C)(C)C)CC2)cc1C(=O)OC. The predicted octanol–water partition coefficient (Wildman–Crippen LogP) is 2.48. The fourth-order valence-corrected chi connectivity index (χ4v) is 3.07. The average molecular weight is 393 g/mol. The van der Waals surface area contributed by atoms with Gasteiger partial charge in [-0.05, 0) is 51.3 Å². The molecule has 0 spiro atoms. The summed E-state index contributed by atoms with van der Waals surface area (Å²) < 4.78 is 14.8. The van der Waals surface area contributed by atoms with E-state index < -0.39 is 29.2 Å². The summed E-state index contributed by atoms with van der Waals surface area (Å²) in [7, 11) is 2.43. The maximum atomic E-state index is 12.2. The van der Waals surface area contributed by atoms with Crippen LogP contribution >= 0.6 is 0 Å². The number of esters is 2. The number of rotatable bonds is 3. The van der Waals surface area contributed by atoms with Gasteiger partial charge in [-0.2, -0.15) is 0 Å². The predicted molar refractivity (Wildman–Crippen MR) is 100 cm³/mol. The number of hydrogen-bond acceptors (Lipinski definition) is 7. The lowest BCUT2D eigenvalue weighted by Crippen LogP contribution is -2.46. The third-order valence-electron chi connectivity index (χ3n) is 4.61. The van der Waals surface area contributed by atoms with Crippen LogP contribution < -0.4 is 0 Å². The van der Waals surface area contributed by atoms with E-state index in [1.165, 1.54) is 26.4 Å². The van der Waals surface area contributed by atoms with Gasteiger partial charge >= 0.3 is 18.0 Å². The highest BCUT2D eigenvalue weighted by Crippen LogP contribution is 2.34. The smallest absolute Gasteiger partial charge is 0.410 e. The molecular formula is C20H27NO7. The fourth-order valence-electron chi connectivity index (χ4n) is 3.07. The minimum atomic E-state index is -1.24. The number of piperidine rings is 1. The summed E-state index contributed by atoms with van der Waals surface area (Å²) >= 11 is 0. The molecule has 2 rings (SSSR count). The highest BCUT2D eigenvalue weighted by molar-refractivity contribution is 6.03. The maximum Gasteiger partial charge on any atom is 0.410 e. The lowest BCUT2D eigenvalue weighted by Gasteiger charge is -2.39. The molecule has 1 amide bonds. The van der Waals surface area contributed by atoms with Crippen LogP contribution in [0.15, 0.2) is 18.2 Å². The molecule has 0 atom stereocenters. The summed E-state index contributed by atoms with van der Waals surface area (Å²) in [5.74, 6) is -1.37. The number of carbonyl (C=O) groups excluding carboxylic acids is 3. The third-order valence-corrected chi connectivity index (χ3v) is 4.61. The van der Waals surface area contributed by atoms with Crippen LogP contribution in [0, 0.1) is 0 Å². The number of amides is 1. The van der Waals surface area contributed by atoms with Gasteiger partial charge in [-0.3, -0.25) is 0 Å². The summed E-state index contributed by atoms with van der Waals surface area (Å²) in [6, 6.07) is 4.47. The fraction of sp³-hybridized carbons (Fsp3) is 0.550. The van der Waals surface area contributed by atoms with Crippen LogP contribution in [0.1, 0.15) is 59.9 Å². The van der Waals surface area contributed by atoms with E-state index in [-0.39, 0.29) is 24.0 Å². The largest absolute Gasteiger partial charge is 0.465 e. The molecule has 0 unspecified atom stereocenters. The van der Waals surface area contributed by atoms with Gasteiger partial charge in [-0.15, -0.1) is 0 Å². The number of aliphatic hydroxyl groups is 1. The number of carbonyl (C=O) groups is 3. The topological polar surface area (TPSA) is 102 Å². The van der Waals surface area contributed by atoms with Crippen LogP contribution in [-0.2, 0) is 19.8 Å². The van der Waals surface area contributed by atoms with Gasteiger partial charge in [0.25, 0.3) is 0 Å². The molecule has 1 aliphatic heterocycles. The van der Waals surface area contributed by atoms with Crippen LogP contribution in [0.5, 0.6) is 0 Å². The van der Waals surface area contributed by atoms with Crippen molar-refractivity contribution in [3.8, 4) is 0 Å². The Morgan fingerprint density at radius 2 is 1.54 bits per heavy atom. The van der Waals surface area contributed by atoms with Crippen molar-refractivity contribution in [3.63, 3.8) is 0 Å². The first-order chi connectivity index (χ1) is 13.0. The first-order valence-corrected chi connectivity index (χ1v) is 9.02. The lowest BCUT2D eigenvalue weighted by atomic mass is 9.83. The molecule has 0 aromatic heterocycles. The van der Waals surface area contributed by atoms with E-state index in [1.807, 2.05) is 0 Å². The molecule has 0 saturated carbocycles. The van der Waals surface area contributed by atoms with Crippen LogP contribution in [-0.4, -0.2) is 60.9 Å². The maximum absolute atomic E-state index is 12.2. The minimum Gasteiger partial charge on any atom is -0.465 e. The van der Waals surface area contributed by atoms with Crippen LogP contribution in [0.4, 0.5) is 4.79 Å². The molecule has 1 saturated heterocycles. The third kappa shape index (κ3) is 4.81. The van der Waals surface area contributed by atoms with E-state index in [9.17, 15) is 19.5 Å². The van der Waals surface area contributed by atoms with Crippen molar-refractivity contribution in [1.82, 2.24) is 4.90 Å². The van der Waals surface area contributed by atoms with Gasteiger partial charge in [-0.1, -0.05) is 6.07 Å². The Bertz CT molecular complexity index is 758. The Morgan fingerprint density at radius 3 is 2.04 bits per heavy atom. The van der Waals surface area contributed by atoms with Gasteiger partial charge in [0.05, 0.1) is 30.9 Å². The van der Waals surface area contributed by atoms with Crippen LogP contribution in [0.25, 0.3) is 0 Å². The van der Waals surface area contributed by atoms with Crippen molar-refractivity contribution in [1.29, 1.82) is 0 Å². The highest BCUT2D eigenvalue weighted by atomic mass is 16.6. The van der Waals surface area contributed by atoms with E-state index in [4.69, 9.17) is 14.2 Å². The molecule has 28 heavy (non-hydrogen) atoms. The molecule has 1 N–H and O–H groups in total. The Morgan fingerprint density at radius 1 is 1.00 bits per heavy atom. The van der Waals surface area contributed by atoms with Crippen molar-refractivity contribution in [3.05, 3.63) is 34.9 Å². The summed E-state index contributed by atoms with van der Waals surface area (Å²) in [5, 5.41) is 11.1. The van der Waals surface area contributed by atoms with E-state index >= 15 is 0 Å². The molecule has 0 aliphatic carbocycles. The molecule has 0 radical (unpaired) electrons. The van der Waals surface area contributed by atoms with Gasteiger partial charge < -0.3 is 24.2 Å². The zero-order valence-corrected chi connectivity index (χ0v) is 16.9. The second-order valence-corrected chi connectivity index (χ2v) is 7.74.